The van der Waals surface area contributed by atoms with Gasteiger partial charge in [-0.25, -0.2) is 4.98 Å². The first-order valence-corrected chi connectivity index (χ1v) is 26.8. The number of rotatable bonds is 7. The fraction of sp³-hybridized carbons (Fsp3) is 0.167. The third-order valence-corrected chi connectivity index (χ3v) is 15.5. The fourth-order valence-corrected chi connectivity index (χ4v) is 11.4. The fourth-order valence-electron chi connectivity index (χ4n) is 11.4. The number of para-hydroxylation sites is 3. The van der Waals surface area contributed by atoms with Crippen LogP contribution in [0.3, 0.4) is 0 Å². The molecule has 0 aliphatic heterocycles. The van der Waals surface area contributed by atoms with Crippen LogP contribution in [-0.4, -0.2) is 14.1 Å². The van der Waals surface area contributed by atoms with Crippen molar-refractivity contribution in [1.29, 1.82) is 0 Å². The number of hydrogen-bond acceptors (Lipinski definition) is 2. The first kappa shape index (κ1) is 50.7. The molecule has 6 heteroatoms. The molecular formula is C72H60N4OPt-2. The van der Waals surface area contributed by atoms with Gasteiger partial charge in [0.1, 0.15) is 5.82 Å². The van der Waals surface area contributed by atoms with Crippen molar-refractivity contribution in [3.8, 4) is 84.5 Å². The van der Waals surface area contributed by atoms with E-state index in [4.69, 9.17) is 9.72 Å². The molecule has 12 aromatic rings. The van der Waals surface area contributed by atoms with Gasteiger partial charge in [0.25, 0.3) is 6.33 Å². The summed E-state index contributed by atoms with van der Waals surface area (Å²) < 4.78 is 13.6. The van der Waals surface area contributed by atoms with Gasteiger partial charge in [-0.2, -0.15) is 18.2 Å². The van der Waals surface area contributed by atoms with E-state index < -0.39 is 0 Å². The molecule has 3 heterocycles. The largest absolute Gasteiger partial charge is 0.510 e. The summed E-state index contributed by atoms with van der Waals surface area (Å²) in [4.78, 5) is 5.12. The van der Waals surface area contributed by atoms with Crippen molar-refractivity contribution in [3.05, 3.63) is 235 Å². The Hall–Kier alpha value is -8.11. The van der Waals surface area contributed by atoms with Crippen molar-refractivity contribution >= 4 is 32.7 Å². The molecule has 1 aliphatic carbocycles. The average molecular weight is 1190 g/mol. The third kappa shape index (κ3) is 8.70. The van der Waals surface area contributed by atoms with Gasteiger partial charge in [-0.3, -0.25) is 4.57 Å². The summed E-state index contributed by atoms with van der Waals surface area (Å²) in [5, 5.41) is 3.51. The van der Waals surface area contributed by atoms with Crippen molar-refractivity contribution in [2.75, 3.05) is 0 Å². The van der Waals surface area contributed by atoms with Crippen LogP contribution in [0, 0.1) is 18.5 Å². The SMILES string of the molecule is CC(C)(C)c1cccc(-c2cccc(-c3cccc(C(C)(C)C)c3)c2-[n+]2[c-]n(-c3[c-]c(Oc4[c-]c5c(cc4)c4c(n5-c5cc(C(C)(C)C)ccn5)-c5ccccc5-c5cccc6cccc-4c56)ccc3)c3ccccc32)c1.[Pt]. The topological polar surface area (TPSA) is 35.9 Å². The van der Waals surface area contributed by atoms with Crippen LogP contribution < -0.4 is 9.30 Å². The van der Waals surface area contributed by atoms with Crippen LogP contribution in [0.25, 0.3) is 106 Å². The van der Waals surface area contributed by atoms with E-state index in [0.29, 0.717) is 11.5 Å². The minimum Gasteiger partial charge on any atom is -0.510 e. The molecular weight excluding hydrogens is 1130 g/mol. The van der Waals surface area contributed by atoms with Crippen molar-refractivity contribution in [2.45, 2.75) is 78.6 Å². The van der Waals surface area contributed by atoms with Crippen molar-refractivity contribution in [2.24, 2.45) is 0 Å². The zero-order chi connectivity index (χ0) is 53.0. The smallest absolute Gasteiger partial charge is 0.268 e. The van der Waals surface area contributed by atoms with Gasteiger partial charge in [0.15, 0.2) is 0 Å². The first-order chi connectivity index (χ1) is 37.1. The number of imidazole rings is 1. The van der Waals surface area contributed by atoms with Crippen LogP contribution in [0.5, 0.6) is 11.5 Å². The Morgan fingerprint density at radius 1 is 0.487 bits per heavy atom. The van der Waals surface area contributed by atoms with E-state index in [-0.39, 0.29) is 37.3 Å². The monoisotopic (exact) mass is 1190 g/mol. The van der Waals surface area contributed by atoms with Crippen LogP contribution in [0.15, 0.2) is 200 Å². The minimum atomic E-state index is -0.0975. The van der Waals surface area contributed by atoms with Gasteiger partial charge in [-0.05, 0) is 106 Å². The second kappa shape index (κ2) is 19.1. The zero-order valence-corrected chi connectivity index (χ0v) is 47.8. The van der Waals surface area contributed by atoms with Crippen LogP contribution in [0.1, 0.15) is 79.0 Å². The molecule has 9 aromatic carbocycles. The number of benzene rings is 9. The van der Waals surface area contributed by atoms with E-state index >= 15 is 0 Å². The molecule has 0 radical (unpaired) electrons. The molecule has 0 atom stereocenters. The Balaban J connectivity index is 0.00000609. The van der Waals surface area contributed by atoms with E-state index in [1.165, 1.54) is 44.2 Å². The summed E-state index contributed by atoms with van der Waals surface area (Å²) in [6.45, 7) is 20.4. The molecule has 0 saturated carbocycles. The number of nitrogens with zero attached hydrogens (tertiary/aromatic N) is 4. The summed E-state index contributed by atoms with van der Waals surface area (Å²) in [6, 6.07) is 77.5. The molecule has 3 aromatic heterocycles. The van der Waals surface area contributed by atoms with Gasteiger partial charge in [-0.1, -0.05) is 219 Å². The summed E-state index contributed by atoms with van der Waals surface area (Å²) in [6.07, 6.45) is 5.81. The molecule has 78 heavy (non-hydrogen) atoms. The molecule has 0 saturated heterocycles. The third-order valence-electron chi connectivity index (χ3n) is 15.5. The molecule has 5 nitrogen and oxygen atoms in total. The van der Waals surface area contributed by atoms with E-state index in [1.807, 2.05) is 24.4 Å². The second-order valence-corrected chi connectivity index (χ2v) is 23.7. The van der Waals surface area contributed by atoms with E-state index in [9.17, 15) is 0 Å². The maximum Gasteiger partial charge on any atom is 0.268 e. The Labute approximate surface area is 472 Å². The molecule has 0 N–H and O–H groups in total. The standard InChI is InChI=1S/C72H60N4O.Pt/c1-70(2,3)49-24-14-22-47(40-49)55-30-19-31-56(48-23-15-25-50(41-48)71(4,5)6)68(55)75-45-74(62-34-12-13-35-63(62)75)52-26-18-27-53(43-52)77-54-36-37-60-64(44-54)76(65-42-51(38-39-73-65)72(7,8)9)69-59-29-11-10-28-57(59)58-32-16-20-46-21-17-33-61(66(46)58)67(60)69;/h10-42H,1-9H3;/q-2;. The van der Waals surface area contributed by atoms with Gasteiger partial charge >= 0.3 is 0 Å². The Bertz CT molecular complexity index is 4240. The second-order valence-electron chi connectivity index (χ2n) is 23.7. The Kier molecular flexibility index (Phi) is 12.4. The van der Waals surface area contributed by atoms with Crippen LogP contribution in [-0.2, 0) is 37.3 Å². The average Bonchev–Trinajstić information content (AvgIpc) is 4.03. The van der Waals surface area contributed by atoms with Crippen molar-refractivity contribution in [3.63, 3.8) is 0 Å². The van der Waals surface area contributed by atoms with E-state index in [0.717, 1.165) is 78.2 Å². The molecule has 0 amide bonds. The summed E-state index contributed by atoms with van der Waals surface area (Å²) in [7, 11) is 0. The number of pyridine rings is 1. The van der Waals surface area contributed by atoms with E-state index in [2.05, 4.69) is 270 Å². The van der Waals surface area contributed by atoms with Crippen molar-refractivity contribution < 1.29 is 30.4 Å². The summed E-state index contributed by atoms with van der Waals surface area (Å²) in [5.41, 5.74) is 19.9. The van der Waals surface area contributed by atoms with Gasteiger partial charge in [0.2, 0.25) is 0 Å². The van der Waals surface area contributed by atoms with Crippen molar-refractivity contribution in [1.82, 2.24) is 14.1 Å². The first-order valence-electron chi connectivity index (χ1n) is 26.8. The molecule has 386 valence electrons. The van der Waals surface area contributed by atoms with Gasteiger partial charge in [0.05, 0.1) is 16.7 Å². The van der Waals surface area contributed by atoms with Crippen LogP contribution in [0.4, 0.5) is 0 Å². The zero-order valence-electron chi connectivity index (χ0n) is 45.6. The molecule has 0 fully saturated rings. The minimum absolute atomic E-state index is 0. The maximum atomic E-state index is 6.91. The van der Waals surface area contributed by atoms with Gasteiger partial charge < -0.3 is 13.9 Å². The Morgan fingerprint density at radius 3 is 1.74 bits per heavy atom. The summed E-state index contributed by atoms with van der Waals surface area (Å²) >= 11 is 0. The maximum absolute atomic E-state index is 6.91. The number of hydrogen-bond donors (Lipinski definition) is 0. The summed E-state index contributed by atoms with van der Waals surface area (Å²) in [5.74, 6) is 1.96. The van der Waals surface area contributed by atoms with Gasteiger partial charge in [0, 0.05) is 50.0 Å². The number of aromatic nitrogens is 4. The molecule has 13 rings (SSSR count). The van der Waals surface area contributed by atoms with Crippen LogP contribution >= 0.6 is 0 Å². The molecule has 0 bridgehead atoms. The number of fused-ring (bicyclic) bond motifs is 8. The van der Waals surface area contributed by atoms with E-state index in [1.54, 1.807) is 0 Å². The quantitative estimate of drug-likeness (QED) is 0.118. The molecule has 0 spiro atoms. The predicted molar refractivity (Wildman–Crippen MR) is 317 cm³/mol. The normalized spacial score (nSPS) is 12.3. The predicted octanol–water partition coefficient (Wildman–Crippen LogP) is 18.1. The van der Waals surface area contributed by atoms with Gasteiger partial charge in [-0.15, -0.1) is 29.7 Å². The molecule has 0 unspecified atom stereocenters. The Morgan fingerprint density at radius 2 is 1.05 bits per heavy atom. The number of ether oxygens (including phenoxy) is 1. The molecule has 1 aliphatic rings. The van der Waals surface area contributed by atoms with Crippen LogP contribution in [0.2, 0.25) is 0 Å².